The Morgan fingerprint density at radius 3 is 2.44 bits per heavy atom. The van der Waals surface area contributed by atoms with Gasteiger partial charge in [-0.3, -0.25) is 4.79 Å². The number of hydrogen-bond donors (Lipinski definition) is 1. The zero-order valence-electron chi connectivity index (χ0n) is 11.2. The van der Waals surface area contributed by atoms with Gasteiger partial charge in [0, 0.05) is 24.2 Å². The highest BCUT2D eigenvalue weighted by Gasteiger charge is 2.35. The average molecular weight is 246 g/mol. The smallest absolute Gasteiger partial charge is 0.230 e. The molecule has 0 aliphatic heterocycles. The number of carbonyl (C=O) groups is 1. The second-order valence-electron chi connectivity index (χ2n) is 5.12. The summed E-state index contributed by atoms with van der Waals surface area (Å²) in [7, 11) is 0. The fourth-order valence-corrected chi connectivity index (χ4v) is 2.06. The number of nitrogens with zero attached hydrogens (tertiary/aromatic N) is 1. The molecule has 3 heteroatoms. The van der Waals surface area contributed by atoms with Crippen LogP contribution in [0.3, 0.4) is 0 Å². The van der Waals surface area contributed by atoms with Crippen molar-refractivity contribution in [2.45, 2.75) is 45.7 Å². The average Bonchev–Trinajstić information content (AvgIpc) is 3.23. The number of anilines is 1. The first-order chi connectivity index (χ1) is 8.67. The number of amides is 1. The van der Waals surface area contributed by atoms with Crippen LogP contribution in [0.5, 0.6) is 0 Å². The molecule has 1 amide bonds. The first-order valence-corrected chi connectivity index (χ1v) is 6.79. The molecule has 0 spiro atoms. The summed E-state index contributed by atoms with van der Waals surface area (Å²) in [5.41, 5.74) is 7.71. The van der Waals surface area contributed by atoms with Crippen molar-refractivity contribution in [3.63, 3.8) is 0 Å². The minimum Gasteiger partial charge on any atom is -0.326 e. The molecular formula is C15H22N2O. The van der Waals surface area contributed by atoms with Crippen molar-refractivity contribution in [2.75, 3.05) is 4.90 Å². The van der Waals surface area contributed by atoms with Crippen LogP contribution in [-0.2, 0) is 11.3 Å². The van der Waals surface area contributed by atoms with Gasteiger partial charge in [-0.15, -0.1) is 0 Å². The van der Waals surface area contributed by atoms with Gasteiger partial charge in [-0.1, -0.05) is 26.0 Å². The van der Waals surface area contributed by atoms with Crippen LogP contribution in [-0.4, -0.2) is 11.9 Å². The van der Waals surface area contributed by atoms with Gasteiger partial charge in [0.15, 0.2) is 0 Å². The Morgan fingerprint density at radius 1 is 1.39 bits per heavy atom. The lowest BCUT2D eigenvalue weighted by molar-refractivity contribution is -0.122. The Kier molecular flexibility index (Phi) is 4.02. The highest BCUT2D eigenvalue weighted by molar-refractivity contribution is 5.95. The van der Waals surface area contributed by atoms with Crippen molar-refractivity contribution < 1.29 is 4.79 Å². The fraction of sp³-hybridized carbons (Fsp3) is 0.533. The van der Waals surface area contributed by atoms with E-state index in [4.69, 9.17) is 5.73 Å². The van der Waals surface area contributed by atoms with E-state index in [2.05, 4.69) is 6.92 Å². The van der Waals surface area contributed by atoms with Gasteiger partial charge in [0.1, 0.15) is 0 Å². The van der Waals surface area contributed by atoms with Crippen molar-refractivity contribution in [1.82, 2.24) is 0 Å². The van der Waals surface area contributed by atoms with Crippen LogP contribution in [0.15, 0.2) is 24.3 Å². The van der Waals surface area contributed by atoms with E-state index in [-0.39, 0.29) is 11.8 Å². The van der Waals surface area contributed by atoms with E-state index < -0.39 is 0 Å². The van der Waals surface area contributed by atoms with E-state index in [1.165, 1.54) is 0 Å². The van der Waals surface area contributed by atoms with Gasteiger partial charge in [-0.05, 0) is 37.0 Å². The monoisotopic (exact) mass is 246 g/mol. The molecule has 3 nitrogen and oxygen atoms in total. The van der Waals surface area contributed by atoms with Crippen molar-refractivity contribution in [2.24, 2.45) is 11.7 Å². The predicted molar refractivity (Wildman–Crippen MR) is 74.3 cm³/mol. The standard InChI is InChI=1S/C15H22N2O/c1-3-11(2)15(18)17(14-8-9-14)13-6-4-12(10-16)5-7-13/h4-7,11,14H,3,8-10,16H2,1-2H3. The topological polar surface area (TPSA) is 46.3 Å². The molecule has 0 heterocycles. The third-order valence-electron chi connectivity index (χ3n) is 3.63. The third kappa shape index (κ3) is 2.72. The van der Waals surface area contributed by atoms with Gasteiger partial charge in [0.2, 0.25) is 5.91 Å². The van der Waals surface area contributed by atoms with E-state index in [1.807, 2.05) is 36.1 Å². The summed E-state index contributed by atoms with van der Waals surface area (Å²) in [6.45, 7) is 4.61. The molecule has 0 radical (unpaired) electrons. The number of nitrogens with two attached hydrogens (primary N) is 1. The van der Waals surface area contributed by atoms with Gasteiger partial charge < -0.3 is 10.6 Å². The summed E-state index contributed by atoms with van der Waals surface area (Å²) in [6.07, 6.45) is 3.14. The van der Waals surface area contributed by atoms with Crippen LogP contribution in [0, 0.1) is 5.92 Å². The van der Waals surface area contributed by atoms with Crippen LogP contribution in [0.1, 0.15) is 38.7 Å². The van der Waals surface area contributed by atoms with Crippen LogP contribution in [0.4, 0.5) is 5.69 Å². The molecule has 2 rings (SSSR count). The SMILES string of the molecule is CCC(C)C(=O)N(c1ccc(CN)cc1)C1CC1. The molecule has 0 bridgehead atoms. The second-order valence-corrected chi connectivity index (χ2v) is 5.12. The van der Waals surface area contributed by atoms with Gasteiger partial charge in [-0.2, -0.15) is 0 Å². The summed E-state index contributed by atoms with van der Waals surface area (Å²) in [6, 6.07) is 8.46. The quantitative estimate of drug-likeness (QED) is 0.868. The Balaban J connectivity index is 2.21. The first-order valence-electron chi connectivity index (χ1n) is 6.79. The zero-order chi connectivity index (χ0) is 13.1. The Morgan fingerprint density at radius 2 is 2.00 bits per heavy atom. The Labute approximate surface area is 109 Å². The molecule has 0 aromatic heterocycles. The molecule has 1 aliphatic carbocycles. The van der Waals surface area contributed by atoms with Crippen LogP contribution < -0.4 is 10.6 Å². The zero-order valence-corrected chi connectivity index (χ0v) is 11.2. The molecule has 18 heavy (non-hydrogen) atoms. The molecule has 0 saturated heterocycles. The van der Waals surface area contributed by atoms with E-state index in [0.717, 1.165) is 30.5 Å². The van der Waals surface area contributed by atoms with Gasteiger partial charge in [-0.25, -0.2) is 0 Å². The van der Waals surface area contributed by atoms with Crippen LogP contribution in [0.25, 0.3) is 0 Å². The molecular weight excluding hydrogens is 224 g/mol. The summed E-state index contributed by atoms with van der Waals surface area (Å²) >= 11 is 0. The van der Waals surface area contributed by atoms with Crippen molar-refractivity contribution in [3.8, 4) is 0 Å². The first kappa shape index (κ1) is 13.1. The van der Waals surface area contributed by atoms with Crippen LogP contribution in [0.2, 0.25) is 0 Å². The van der Waals surface area contributed by atoms with Crippen LogP contribution >= 0.6 is 0 Å². The highest BCUT2D eigenvalue weighted by Crippen LogP contribution is 2.33. The molecule has 1 atom stereocenters. The molecule has 1 aliphatic rings. The highest BCUT2D eigenvalue weighted by atomic mass is 16.2. The maximum Gasteiger partial charge on any atom is 0.230 e. The number of rotatable bonds is 5. The summed E-state index contributed by atoms with van der Waals surface area (Å²) in [5, 5.41) is 0. The van der Waals surface area contributed by atoms with E-state index in [9.17, 15) is 4.79 Å². The number of hydrogen-bond acceptors (Lipinski definition) is 2. The van der Waals surface area contributed by atoms with Crippen molar-refractivity contribution in [1.29, 1.82) is 0 Å². The summed E-state index contributed by atoms with van der Waals surface area (Å²) < 4.78 is 0. The van der Waals surface area contributed by atoms with Gasteiger partial charge in [0.05, 0.1) is 0 Å². The summed E-state index contributed by atoms with van der Waals surface area (Å²) in [4.78, 5) is 14.4. The van der Waals surface area contributed by atoms with Gasteiger partial charge >= 0.3 is 0 Å². The van der Waals surface area contributed by atoms with Gasteiger partial charge in [0.25, 0.3) is 0 Å². The Bertz CT molecular complexity index is 409. The largest absolute Gasteiger partial charge is 0.326 e. The fourth-order valence-electron chi connectivity index (χ4n) is 2.06. The molecule has 1 fully saturated rings. The minimum atomic E-state index is 0.0970. The molecule has 2 N–H and O–H groups in total. The molecule has 98 valence electrons. The molecule has 1 aromatic rings. The minimum absolute atomic E-state index is 0.0970. The van der Waals surface area contributed by atoms with E-state index >= 15 is 0 Å². The maximum absolute atomic E-state index is 12.4. The lowest BCUT2D eigenvalue weighted by atomic mass is 10.1. The summed E-state index contributed by atoms with van der Waals surface area (Å²) in [5.74, 6) is 0.347. The second kappa shape index (κ2) is 5.53. The van der Waals surface area contributed by atoms with E-state index in [1.54, 1.807) is 0 Å². The predicted octanol–water partition coefficient (Wildman–Crippen LogP) is 2.69. The van der Waals surface area contributed by atoms with Crippen molar-refractivity contribution >= 4 is 11.6 Å². The number of benzene rings is 1. The normalized spacial score (nSPS) is 16.4. The maximum atomic E-state index is 12.4. The van der Waals surface area contributed by atoms with E-state index in [0.29, 0.717) is 12.6 Å². The number of carbonyl (C=O) groups excluding carboxylic acids is 1. The lowest BCUT2D eigenvalue weighted by Gasteiger charge is -2.25. The lowest BCUT2D eigenvalue weighted by Crippen LogP contribution is -2.36. The molecule has 1 unspecified atom stereocenters. The molecule has 1 saturated carbocycles. The third-order valence-corrected chi connectivity index (χ3v) is 3.63. The molecule has 1 aromatic carbocycles. The Hall–Kier alpha value is -1.35. The van der Waals surface area contributed by atoms with Crippen molar-refractivity contribution in [3.05, 3.63) is 29.8 Å².